The summed E-state index contributed by atoms with van der Waals surface area (Å²) >= 11 is 0. The normalized spacial score (nSPS) is 34.2. The van der Waals surface area contributed by atoms with Crippen molar-refractivity contribution in [2.24, 2.45) is 5.92 Å². The van der Waals surface area contributed by atoms with E-state index in [1.165, 1.54) is 13.8 Å². The first-order chi connectivity index (χ1) is 9.59. The molecule has 0 bridgehead atoms. The number of carbonyl (C=O) groups excluding carboxylic acids is 1. The number of aliphatic hydroxyl groups is 1. The number of carboxylic acid groups (broad SMARTS) is 1. The van der Waals surface area contributed by atoms with E-state index in [0.29, 0.717) is 12.8 Å². The second-order valence-corrected chi connectivity index (χ2v) is 8.89. The Kier molecular flexibility index (Phi) is 3.82. The summed E-state index contributed by atoms with van der Waals surface area (Å²) in [6.45, 7) is 4.57. The molecule has 120 valence electrons. The van der Waals surface area contributed by atoms with Crippen LogP contribution in [0.25, 0.3) is 0 Å². The van der Waals surface area contributed by atoms with E-state index in [-0.39, 0.29) is 0 Å². The monoisotopic (exact) mass is 319 g/mol. The average molecular weight is 319 g/mol. The molecule has 2 aliphatic rings. The Morgan fingerprint density at radius 1 is 1.43 bits per heavy atom. The molecule has 0 aliphatic carbocycles. The largest absolute Gasteiger partial charge is 0.480 e. The SMILES string of the molecule is CCCC[C@H](O)[C@@H]1C(=O)N2[C@@H](C(=O)O)C(C)(C)S(=O)(=O)[C@H]12. The summed E-state index contributed by atoms with van der Waals surface area (Å²) in [6.07, 6.45) is 0.799. The fraction of sp³-hybridized carbons (Fsp3) is 0.846. The van der Waals surface area contributed by atoms with E-state index in [2.05, 4.69) is 0 Å². The Bertz CT molecular complexity index is 569. The van der Waals surface area contributed by atoms with Gasteiger partial charge in [-0.3, -0.25) is 4.79 Å². The third-order valence-corrected chi connectivity index (χ3v) is 7.46. The lowest BCUT2D eigenvalue weighted by Crippen LogP contribution is -2.66. The van der Waals surface area contributed by atoms with Gasteiger partial charge in [-0.1, -0.05) is 19.8 Å². The fourth-order valence-electron chi connectivity index (χ4n) is 3.29. The third kappa shape index (κ3) is 1.99. The summed E-state index contributed by atoms with van der Waals surface area (Å²) in [5, 5.41) is 18.1. The summed E-state index contributed by atoms with van der Waals surface area (Å²) < 4.78 is 23.6. The van der Waals surface area contributed by atoms with Crippen LogP contribution in [0.2, 0.25) is 0 Å². The summed E-state index contributed by atoms with van der Waals surface area (Å²) in [4.78, 5) is 24.5. The van der Waals surface area contributed by atoms with Gasteiger partial charge in [0.25, 0.3) is 0 Å². The summed E-state index contributed by atoms with van der Waals surface area (Å²) in [5.41, 5.74) is 0. The van der Waals surface area contributed by atoms with Gasteiger partial charge >= 0.3 is 5.97 Å². The Morgan fingerprint density at radius 3 is 2.48 bits per heavy atom. The van der Waals surface area contributed by atoms with E-state index < -0.39 is 49.9 Å². The predicted octanol–water partition coefficient (Wildman–Crippen LogP) is -0.0178. The number of rotatable bonds is 5. The van der Waals surface area contributed by atoms with Crippen LogP contribution >= 0.6 is 0 Å². The first-order valence-corrected chi connectivity index (χ1v) is 8.60. The van der Waals surface area contributed by atoms with Gasteiger partial charge in [0, 0.05) is 0 Å². The molecule has 2 heterocycles. The Labute approximate surface area is 123 Å². The molecule has 1 amide bonds. The second-order valence-electron chi connectivity index (χ2n) is 6.26. The van der Waals surface area contributed by atoms with Gasteiger partial charge in [0.2, 0.25) is 5.91 Å². The molecule has 0 aromatic carbocycles. The van der Waals surface area contributed by atoms with Crippen molar-refractivity contribution in [3.05, 3.63) is 0 Å². The van der Waals surface area contributed by atoms with Gasteiger partial charge in [-0.05, 0) is 20.3 Å². The van der Waals surface area contributed by atoms with E-state index in [4.69, 9.17) is 0 Å². The molecule has 7 nitrogen and oxygen atoms in total. The van der Waals surface area contributed by atoms with Crippen LogP contribution in [0.5, 0.6) is 0 Å². The number of fused-ring (bicyclic) bond motifs is 1. The average Bonchev–Trinajstić information content (AvgIpc) is 2.50. The topological polar surface area (TPSA) is 112 Å². The minimum Gasteiger partial charge on any atom is -0.480 e. The van der Waals surface area contributed by atoms with Gasteiger partial charge in [0.15, 0.2) is 9.84 Å². The number of hydrogen-bond acceptors (Lipinski definition) is 5. The highest BCUT2D eigenvalue weighted by molar-refractivity contribution is 7.93. The lowest BCUT2D eigenvalue weighted by Gasteiger charge is -2.44. The lowest BCUT2D eigenvalue weighted by atomic mass is 9.86. The molecule has 8 heteroatoms. The first-order valence-electron chi connectivity index (χ1n) is 7.05. The van der Waals surface area contributed by atoms with Crippen molar-refractivity contribution < 1.29 is 28.2 Å². The number of aliphatic hydroxyl groups excluding tert-OH is 1. The molecule has 0 radical (unpaired) electrons. The van der Waals surface area contributed by atoms with Gasteiger partial charge in [0.05, 0.1) is 16.8 Å². The zero-order chi connectivity index (χ0) is 16.2. The van der Waals surface area contributed by atoms with Crippen molar-refractivity contribution in [2.45, 2.75) is 62.3 Å². The molecular formula is C13H21NO6S. The van der Waals surface area contributed by atoms with Crippen LogP contribution in [0.15, 0.2) is 0 Å². The summed E-state index contributed by atoms with van der Waals surface area (Å²) in [6, 6.07) is -1.39. The van der Waals surface area contributed by atoms with Crippen LogP contribution in [-0.4, -0.2) is 57.7 Å². The molecule has 2 aliphatic heterocycles. The number of sulfone groups is 1. The van der Waals surface area contributed by atoms with Gasteiger partial charge in [-0.25, -0.2) is 13.2 Å². The number of hydrogen-bond donors (Lipinski definition) is 2. The van der Waals surface area contributed by atoms with Crippen LogP contribution in [0, 0.1) is 5.92 Å². The van der Waals surface area contributed by atoms with Crippen molar-refractivity contribution >= 4 is 21.7 Å². The minimum absolute atomic E-state index is 0.338. The Morgan fingerprint density at radius 2 is 2.00 bits per heavy atom. The van der Waals surface area contributed by atoms with E-state index >= 15 is 0 Å². The smallest absolute Gasteiger partial charge is 0.328 e. The van der Waals surface area contributed by atoms with E-state index in [1.54, 1.807) is 0 Å². The number of β-lactam (4-membered cyclic amide) rings is 1. The number of aliphatic carboxylic acids is 1. The fourth-order valence-corrected chi connectivity index (χ4v) is 5.65. The number of carbonyl (C=O) groups is 2. The van der Waals surface area contributed by atoms with Gasteiger partial charge in [-0.2, -0.15) is 0 Å². The molecule has 2 rings (SSSR count). The molecule has 21 heavy (non-hydrogen) atoms. The van der Waals surface area contributed by atoms with E-state index in [9.17, 15) is 28.2 Å². The van der Waals surface area contributed by atoms with Crippen molar-refractivity contribution in [3.8, 4) is 0 Å². The Hall–Kier alpha value is -1.15. The number of amides is 1. The van der Waals surface area contributed by atoms with Crippen molar-refractivity contribution in [1.29, 1.82) is 0 Å². The van der Waals surface area contributed by atoms with Crippen LogP contribution in [0.3, 0.4) is 0 Å². The molecule has 0 spiro atoms. The molecular weight excluding hydrogens is 298 g/mol. The summed E-state index contributed by atoms with van der Waals surface area (Å²) in [5.74, 6) is -2.95. The molecule has 0 aromatic rings. The minimum atomic E-state index is -3.85. The molecule has 2 fully saturated rings. The van der Waals surface area contributed by atoms with Crippen LogP contribution in [0.1, 0.15) is 40.0 Å². The molecule has 0 unspecified atom stereocenters. The highest BCUT2D eigenvalue weighted by Crippen LogP contribution is 2.49. The predicted molar refractivity (Wildman–Crippen MR) is 74.1 cm³/mol. The highest BCUT2D eigenvalue weighted by atomic mass is 32.2. The second kappa shape index (κ2) is 4.95. The van der Waals surface area contributed by atoms with Gasteiger partial charge in [-0.15, -0.1) is 0 Å². The molecule has 4 atom stereocenters. The Balaban J connectivity index is 2.37. The van der Waals surface area contributed by atoms with Crippen molar-refractivity contribution in [3.63, 3.8) is 0 Å². The third-order valence-electron chi connectivity index (χ3n) is 4.61. The van der Waals surface area contributed by atoms with Crippen LogP contribution in [-0.2, 0) is 19.4 Å². The number of unbranched alkanes of at least 4 members (excludes halogenated alkanes) is 1. The van der Waals surface area contributed by atoms with Gasteiger partial charge in [0.1, 0.15) is 11.4 Å². The summed E-state index contributed by atoms with van der Waals surface area (Å²) in [7, 11) is -3.85. The standard InChI is InChI=1S/C13H21NO6S/c1-4-5-6-7(15)8-10(16)14-9(12(17)18)13(2,3)21(19,20)11(8)14/h7-9,11,15H,4-6H2,1-3H3,(H,17,18)/t7-,8+,9-,11+/m0/s1. The first kappa shape index (κ1) is 16.2. The van der Waals surface area contributed by atoms with Crippen LogP contribution < -0.4 is 0 Å². The van der Waals surface area contributed by atoms with Crippen molar-refractivity contribution in [1.82, 2.24) is 4.90 Å². The van der Waals surface area contributed by atoms with Crippen molar-refractivity contribution in [2.75, 3.05) is 0 Å². The molecule has 0 aromatic heterocycles. The maximum Gasteiger partial charge on any atom is 0.328 e. The highest BCUT2D eigenvalue weighted by Gasteiger charge is 2.73. The van der Waals surface area contributed by atoms with Gasteiger partial charge < -0.3 is 15.1 Å². The maximum absolute atomic E-state index is 12.6. The quantitative estimate of drug-likeness (QED) is 0.689. The lowest BCUT2D eigenvalue weighted by molar-refractivity contribution is -0.169. The zero-order valence-corrected chi connectivity index (χ0v) is 13.1. The molecule has 2 N–H and O–H groups in total. The maximum atomic E-state index is 12.6. The molecule has 2 saturated heterocycles. The molecule has 0 saturated carbocycles. The van der Waals surface area contributed by atoms with E-state index in [0.717, 1.165) is 11.3 Å². The number of nitrogens with zero attached hydrogens (tertiary/aromatic N) is 1. The zero-order valence-electron chi connectivity index (χ0n) is 12.3. The van der Waals surface area contributed by atoms with E-state index in [1.807, 2.05) is 6.92 Å². The van der Waals surface area contributed by atoms with Crippen LogP contribution in [0.4, 0.5) is 0 Å². The number of carboxylic acids is 1.